The second-order valence-corrected chi connectivity index (χ2v) is 7.25. The summed E-state index contributed by atoms with van der Waals surface area (Å²) in [6, 6.07) is 14.0. The molecule has 2 aromatic rings. The molecule has 0 bridgehead atoms. The summed E-state index contributed by atoms with van der Waals surface area (Å²) in [5, 5.41) is 9.59. The van der Waals surface area contributed by atoms with Crippen LogP contribution in [-0.4, -0.2) is 24.3 Å². The standard InChI is InChI=1S/C23H29ClO4/c24-20-11-15-22(16-12-20)28-18-8-6-4-2-1-3-5-7-17-27-21-13-9-19(10-14-21)23(25)26/h9-16H,1-8,17-18H2,(H,25,26). The maximum atomic E-state index is 10.8. The van der Waals surface area contributed by atoms with E-state index in [2.05, 4.69) is 0 Å². The van der Waals surface area contributed by atoms with Gasteiger partial charge in [-0.25, -0.2) is 4.79 Å². The molecule has 2 rings (SSSR count). The first-order valence-corrected chi connectivity index (χ1v) is 10.4. The maximum Gasteiger partial charge on any atom is 0.335 e. The van der Waals surface area contributed by atoms with E-state index in [0.29, 0.717) is 6.61 Å². The van der Waals surface area contributed by atoms with E-state index in [1.165, 1.54) is 32.1 Å². The molecule has 0 aliphatic rings. The number of benzene rings is 2. The van der Waals surface area contributed by atoms with Crippen molar-refractivity contribution >= 4 is 17.6 Å². The zero-order chi connectivity index (χ0) is 20.0. The molecule has 0 saturated heterocycles. The quantitative estimate of drug-likeness (QED) is 0.359. The summed E-state index contributed by atoms with van der Waals surface area (Å²) in [5.41, 5.74) is 0.281. The van der Waals surface area contributed by atoms with Crippen molar-refractivity contribution in [2.45, 2.75) is 51.4 Å². The Bertz CT molecular complexity index is 683. The first-order valence-electron chi connectivity index (χ1n) is 10.00. The van der Waals surface area contributed by atoms with Crippen LogP contribution in [0.3, 0.4) is 0 Å². The third kappa shape index (κ3) is 9.14. The van der Waals surface area contributed by atoms with Crippen LogP contribution in [0.2, 0.25) is 5.02 Å². The number of hydrogen-bond donors (Lipinski definition) is 1. The van der Waals surface area contributed by atoms with Gasteiger partial charge in [-0.05, 0) is 61.4 Å². The number of ether oxygens (including phenoxy) is 2. The topological polar surface area (TPSA) is 55.8 Å². The Balaban J connectivity index is 1.37. The fraction of sp³-hybridized carbons (Fsp3) is 0.435. The van der Waals surface area contributed by atoms with E-state index in [1.54, 1.807) is 24.3 Å². The summed E-state index contributed by atoms with van der Waals surface area (Å²) in [6.07, 6.45) is 9.45. The van der Waals surface area contributed by atoms with Crippen molar-refractivity contribution in [3.63, 3.8) is 0 Å². The minimum atomic E-state index is -0.916. The van der Waals surface area contributed by atoms with Crippen molar-refractivity contribution in [3.8, 4) is 11.5 Å². The minimum absolute atomic E-state index is 0.281. The van der Waals surface area contributed by atoms with Gasteiger partial charge in [0, 0.05) is 5.02 Å². The highest BCUT2D eigenvalue weighted by atomic mass is 35.5. The summed E-state index contributed by atoms with van der Waals surface area (Å²) < 4.78 is 11.3. The van der Waals surface area contributed by atoms with Crippen LogP contribution in [0.1, 0.15) is 61.7 Å². The highest BCUT2D eigenvalue weighted by Crippen LogP contribution is 2.16. The van der Waals surface area contributed by atoms with Gasteiger partial charge in [-0.15, -0.1) is 0 Å². The molecule has 0 spiro atoms. The zero-order valence-corrected chi connectivity index (χ0v) is 17.0. The predicted octanol–water partition coefficient (Wildman–Crippen LogP) is 6.62. The van der Waals surface area contributed by atoms with Crippen LogP contribution in [-0.2, 0) is 0 Å². The van der Waals surface area contributed by atoms with Crippen LogP contribution in [0.25, 0.3) is 0 Å². The first kappa shape index (κ1) is 22.1. The molecule has 2 aromatic carbocycles. The highest BCUT2D eigenvalue weighted by Gasteiger charge is 2.02. The molecule has 0 fully saturated rings. The van der Waals surface area contributed by atoms with Crippen molar-refractivity contribution in [3.05, 3.63) is 59.1 Å². The summed E-state index contributed by atoms with van der Waals surface area (Å²) in [7, 11) is 0. The van der Waals surface area contributed by atoms with Crippen LogP contribution in [0.15, 0.2) is 48.5 Å². The lowest BCUT2D eigenvalue weighted by Gasteiger charge is -2.07. The molecule has 152 valence electrons. The minimum Gasteiger partial charge on any atom is -0.494 e. The molecule has 0 aliphatic carbocycles. The lowest BCUT2D eigenvalue weighted by Crippen LogP contribution is -1.99. The number of halogens is 1. The molecule has 0 aliphatic heterocycles. The van der Waals surface area contributed by atoms with Crippen LogP contribution in [0.5, 0.6) is 11.5 Å². The number of hydrogen-bond acceptors (Lipinski definition) is 3. The smallest absolute Gasteiger partial charge is 0.335 e. The van der Waals surface area contributed by atoms with Gasteiger partial charge in [0.1, 0.15) is 11.5 Å². The van der Waals surface area contributed by atoms with Crippen LogP contribution >= 0.6 is 11.6 Å². The van der Waals surface area contributed by atoms with Gasteiger partial charge in [0.2, 0.25) is 0 Å². The monoisotopic (exact) mass is 404 g/mol. The molecule has 0 radical (unpaired) electrons. The Kier molecular flexibility index (Phi) is 10.3. The Morgan fingerprint density at radius 1 is 0.679 bits per heavy atom. The largest absolute Gasteiger partial charge is 0.494 e. The van der Waals surface area contributed by atoms with Crippen molar-refractivity contribution in [1.29, 1.82) is 0 Å². The van der Waals surface area contributed by atoms with E-state index in [0.717, 1.165) is 42.4 Å². The molecule has 0 heterocycles. The maximum absolute atomic E-state index is 10.8. The Morgan fingerprint density at radius 2 is 1.07 bits per heavy atom. The average Bonchev–Trinajstić information content (AvgIpc) is 2.70. The SMILES string of the molecule is O=C(O)c1ccc(OCCCCCCCCCCOc2ccc(Cl)cc2)cc1. The van der Waals surface area contributed by atoms with Gasteiger partial charge in [0.05, 0.1) is 18.8 Å². The summed E-state index contributed by atoms with van der Waals surface area (Å²) in [5.74, 6) is 0.691. The molecule has 0 amide bonds. The lowest BCUT2D eigenvalue weighted by atomic mass is 10.1. The van der Waals surface area contributed by atoms with Crippen LogP contribution < -0.4 is 9.47 Å². The van der Waals surface area contributed by atoms with Gasteiger partial charge in [0.25, 0.3) is 0 Å². The van der Waals surface area contributed by atoms with E-state index < -0.39 is 5.97 Å². The van der Waals surface area contributed by atoms with Gasteiger partial charge in [-0.2, -0.15) is 0 Å². The highest BCUT2D eigenvalue weighted by molar-refractivity contribution is 6.30. The molecule has 0 aromatic heterocycles. The summed E-state index contributed by atoms with van der Waals surface area (Å²) >= 11 is 5.85. The number of carboxylic acid groups (broad SMARTS) is 1. The van der Waals surface area contributed by atoms with Crippen molar-refractivity contribution < 1.29 is 19.4 Å². The Hall–Kier alpha value is -2.20. The molecular weight excluding hydrogens is 376 g/mol. The second kappa shape index (κ2) is 13.1. The normalized spacial score (nSPS) is 10.6. The lowest BCUT2D eigenvalue weighted by molar-refractivity contribution is 0.0697. The van der Waals surface area contributed by atoms with Gasteiger partial charge in [-0.3, -0.25) is 0 Å². The number of rotatable bonds is 14. The molecule has 5 heteroatoms. The molecule has 4 nitrogen and oxygen atoms in total. The molecule has 1 N–H and O–H groups in total. The second-order valence-electron chi connectivity index (χ2n) is 6.81. The van der Waals surface area contributed by atoms with E-state index >= 15 is 0 Å². The Labute approximate surface area is 172 Å². The summed E-state index contributed by atoms with van der Waals surface area (Å²) in [6.45, 7) is 1.43. The van der Waals surface area contributed by atoms with Crippen molar-refractivity contribution in [2.75, 3.05) is 13.2 Å². The molecule has 0 saturated carbocycles. The average molecular weight is 405 g/mol. The van der Waals surface area contributed by atoms with Gasteiger partial charge in [0.15, 0.2) is 0 Å². The fourth-order valence-corrected chi connectivity index (χ4v) is 3.00. The van der Waals surface area contributed by atoms with Crippen LogP contribution in [0.4, 0.5) is 0 Å². The fourth-order valence-electron chi connectivity index (χ4n) is 2.87. The molecule has 0 unspecified atom stereocenters. The number of unbranched alkanes of at least 4 members (excludes halogenated alkanes) is 7. The Morgan fingerprint density at radius 3 is 1.50 bits per heavy atom. The zero-order valence-electron chi connectivity index (χ0n) is 16.2. The van der Waals surface area contributed by atoms with Crippen LogP contribution in [0, 0.1) is 0 Å². The summed E-state index contributed by atoms with van der Waals surface area (Å²) in [4.78, 5) is 10.8. The van der Waals surface area contributed by atoms with E-state index in [4.69, 9.17) is 26.2 Å². The molecule has 28 heavy (non-hydrogen) atoms. The third-order valence-corrected chi connectivity index (χ3v) is 4.74. The first-order chi connectivity index (χ1) is 13.6. The van der Waals surface area contributed by atoms with E-state index in [9.17, 15) is 4.79 Å². The number of aromatic carboxylic acids is 1. The number of carboxylic acids is 1. The van der Waals surface area contributed by atoms with E-state index in [1.807, 2.05) is 24.3 Å². The van der Waals surface area contributed by atoms with Gasteiger partial charge < -0.3 is 14.6 Å². The van der Waals surface area contributed by atoms with Crippen molar-refractivity contribution in [2.24, 2.45) is 0 Å². The molecule has 0 atom stereocenters. The number of carbonyl (C=O) groups is 1. The van der Waals surface area contributed by atoms with Gasteiger partial charge >= 0.3 is 5.97 Å². The van der Waals surface area contributed by atoms with Crippen molar-refractivity contribution in [1.82, 2.24) is 0 Å². The van der Waals surface area contributed by atoms with Gasteiger partial charge in [-0.1, -0.05) is 50.1 Å². The predicted molar refractivity (Wildman–Crippen MR) is 113 cm³/mol. The third-order valence-electron chi connectivity index (χ3n) is 4.49. The van der Waals surface area contributed by atoms with E-state index in [-0.39, 0.29) is 5.56 Å². The molecular formula is C23H29ClO4.